The zero-order valence-corrected chi connectivity index (χ0v) is 20.0. The van der Waals surface area contributed by atoms with E-state index in [-0.39, 0.29) is 53.0 Å². The summed E-state index contributed by atoms with van der Waals surface area (Å²) in [7, 11) is -2.36. The molecule has 10 nitrogen and oxygen atoms in total. The highest BCUT2D eigenvalue weighted by Crippen LogP contribution is 2.40. The second-order valence-electron chi connectivity index (χ2n) is 8.93. The minimum absolute atomic E-state index is 0.0147. The molecule has 0 unspecified atom stereocenters. The number of benzene rings is 1. The Balaban J connectivity index is 1.38. The summed E-state index contributed by atoms with van der Waals surface area (Å²) in [5.41, 5.74) is 0.163. The van der Waals surface area contributed by atoms with Crippen LogP contribution in [0.2, 0.25) is 0 Å². The number of sulfonamides is 1. The summed E-state index contributed by atoms with van der Waals surface area (Å²) in [4.78, 5) is 37.3. The van der Waals surface area contributed by atoms with Gasteiger partial charge in [-0.15, -0.1) is 0 Å². The maximum atomic E-state index is 12.9. The summed E-state index contributed by atoms with van der Waals surface area (Å²) >= 11 is 0. The third-order valence-electron chi connectivity index (χ3n) is 6.78. The van der Waals surface area contributed by atoms with E-state index in [0.29, 0.717) is 26.1 Å². The summed E-state index contributed by atoms with van der Waals surface area (Å²) < 4.78 is 42.9. The maximum absolute atomic E-state index is 12.9. The summed E-state index contributed by atoms with van der Waals surface area (Å²) in [6.07, 6.45) is 3.58. The van der Waals surface area contributed by atoms with Crippen LogP contribution in [0.5, 0.6) is 5.75 Å². The molecule has 4 rings (SSSR count). The molecular formula is C23H30N2O8S. The molecule has 1 heterocycles. The topological polar surface area (TPSA) is 128 Å². The van der Waals surface area contributed by atoms with E-state index in [9.17, 15) is 22.8 Å². The lowest BCUT2D eigenvalue weighted by molar-refractivity contribution is -0.155. The number of fused-ring (bicyclic) bond motifs is 2. The van der Waals surface area contributed by atoms with Crippen molar-refractivity contribution in [3.8, 4) is 5.75 Å². The van der Waals surface area contributed by atoms with Crippen molar-refractivity contribution in [1.29, 1.82) is 0 Å². The molecule has 1 amide bonds. The van der Waals surface area contributed by atoms with Gasteiger partial charge in [0, 0.05) is 24.9 Å². The van der Waals surface area contributed by atoms with Crippen LogP contribution in [0, 0.1) is 17.8 Å². The summed E-state index contributed by atoms with van der Waals surface area (Å²) in [6, 6.07) is 4.21. The molecule has 1 aromatic carbocycles. The molecule has 1 aliphatic heterocycles. The minimum atomic E-state index is -3.76. The Morgan fingerprint density at radius 1 is 1.15 bits per heavy atom. The highest BCUT2D eigenvalue weighted by Gasteiger charge is 2.42. The number of hydrogen-bond acceptors (Lipinski definition) is 8. The van der Waals surface area contributed by atoms with E-state index < -0.39 is 28.5 Å². The van der Waals surface area contributed by atoms with Crippen molar-refractivity contribution in [3.05, 3.63) is 18.2 Å². The number of amides is 1. The Morgan fingerprint density at radius 2 is 1.82 bits per heavy atom. The number of methoxy groups -OCH3 is 1. The zero-order valence-electron chi connectivity index (χ0n) is 19.2. The molecule has 2 atom stereocenters. The number of ketones is 1. The Kier molecular flexibility index (Phi) is 7.54. The van der Waals surface area contributed by atoms with E-state index in [1.54, 1.807) is 0 Å². The van der Waals surface area contributed by atoms with Crippen LogP contribution >= 0.6 is 0 Å². The third-order valence-corrected chi connectivity index (χ3v) is 8.67. The Hall–Kier alpha value is -2.50. The number of carbonyl (C=O) groups excluding carboxylic acids is 3. The SMILES string of the molecule is COc1ccc(S(=O)(=O)N2CCOCC2)cc1NC(=O)COC(=O)C1C[C@@H]2CCC[C@@H](C1)C2=O. The predicted octanol–water partition coefficient (Wildman–Crippen LogP) is 1.59. The van der Waals surface area contributed by atoms with Gasteiger partial charge in [-0.3, -0.25) is 14.4 Å². The van der Waals surface area contributed by atoms with Crippen molar-refractivity contribution in [1.82, 2.24) is 4.31 Å². The van der Waals surface area contributed by atoms with Crippen molar-refractivity contribution in [3.63, 3.8) is 0 Å². The van der Waals surface area contributed by atoms with Gasteiger partial charge in [0.05, 0.1) is 36.8 Å². The molecule has 1 saturated heterocycles. The molecule has 11 heteroatoms. The molecule has 3 aliphatic rings. The van der Waals surface area contributed by atoms with Crippen LogP contribution in [0.1, 0.15) is 32.1 Å². The molecule has 2 saturated carbocycles. The lowest BCUT2D eigenvalue weighted by Crippen LogP contribution is -2.40. The van der Waals surface area contributed by atoms with E-state index >= 15 is 0 Å². The van der Waals surface area contributed by atoms with Crippen molar-refractivity contribution in [2.75, 3.05) is 45.3 Å². The van der Waals surface area contributed by atoms with Crippen LogP contribution < -0.4 is 10.1 Å². The van der Waals surface area contributed by atoms with Gasteiger partial charge in [-0.05, 0) is 43.9 Å². The van der Waals surface area contributed by atoms with Gasteiger partial charge >= 0.3 is 5.97 Å². The molecule has 0 spiro atoms. The van der Waals surface area contributed by atoms with Gasteiger partial charge < -0.3 is 19.5 Å². The average molecular weight is 495 g/mol. The second-order valence-corrected chi connectivity index (χ2v) is 10.9. The van der Waals surface area contributed by atoms with Crippen LogP contribution in [-0.4, -0.2) is 70.4 Å². The number of nitrogens with one attached hydrogen (secondary N) is 1. The van der Waals surface area contributed by atoms with Crippen LogP contribution in [0.15, 0.2) is 23.1 Å². The number of anilines is 1. The molecule has 3 fully saturated rings. The molecule has 2 bridgehead atoms. The average Bonchev–Trinajstić information content (AvgIpc) is 2.83. The van der Waals surface area contributed by atoms with Crippen molar-refractivity contribution < 1.29 is 37.0 Å². The smallest absolute Gasteiger partial charge is 0.309 e. The third kappa shape index (κ3) is 5.26. The fourth-order valence-electron chi connectivity index (χ4n) is 4.99. The van der Waals surface area contributed by atoms with Gasteiger partial charge in [-0.1, -0.05) is 6.42 Å². The van der Waals surface area contributed by atoms with E-state index in [0.717, 1.165) is 19.3 Å². The summed E-state index contributed by atoms with van der Waals surface area (Å²) in [5, 5.41) is 2.58. The first-order valence-corrected chi connectivity index (χ1v) is 13.0. The number of ether oxygens (including phenoxy) is 3. The molecule has 2 aliphatic carbocycles. The predicted molar refractivity (Wildman–Crippen MR) is 121 cm³/mol. The number of hydrogen-bond donors (Lipinski definition) is 1. The fourth-order valence-corrected chi connectivity index (χ4v) is 6.43. The minimum Gasteiger partial charge on any atom is -0.495 e. The Morgan fingerprint density at radius 3 is 2.47 bits per heavy atom. The van der Waals surface area contributed by atoms with Gasteiger partial charge in [0.2, 0.25) is 10.0 Å². The number of morpholine rings is 1. The molecule has 186 valence electrons. The van der Waals surface area contributed by atoms with Crippen LogP contribution in [0.25, 0.3) is 0 Å². The first-order valence-electron chi connectivity index (χ1n) is 11.6. The maximum Gasteiger partial charge on any atom is 0.309 e. The van der Waals surface area contributed by atoms with E-state index in [1.165, 1.54) is 29.6 Å². The van der Waals surface area contributed by atoms with Crippen molar-refractivity contribution in [2.24, 2.45) is 17.8 Å². The second kappa shape index (κ2) is 10.4. The number of Topliss-reactive ketones (excluding diaryl/α,β-unsaturated/α-hetero) is 1. The standard InChI is InChI=1S/C23H30N2O8S/c1-31-20-6-5-18(34(29,30)25-7-9-32-10-8-25)13-19(20)24-21(26)14-33-23(28)17-11-15-3-2-4-16(12-17)22(15)27/h5-6,13,15-17H,2-4,7-12,14H2,1H3,(H,24,26)/t15-,16-/m0/s1. The summed E-state index contributed by atoms with van der Waals surface area (Å²) in [6.45, 7) is 0.630. The van der Waals surface area contributed by atoms with E-state index in [1.807, 2.05) is 0 Å². The van der Waals surface area contributed by atoms with E-state index in [4.69, 9.17) is 14.2 Å². The normalized spacial score (nSPS) is 25.4. The Bertz CT molecular complexity index is 1040. The van der Waals surface area contributed by atoms with Gasteiger partial charge in [-0.25, -0.2) is 8.42 Å². The first-order chi connectivity index (χ1) is 16.3. The largest absolute Gasteiger partial charge is 0.495 e. The fraction of sp³-hybridized carbons (Fsp3) is 0.609. The van der Waals surface area contributed by atoms with Gasteiger partial charge in [0.1, 0.15) is 11.5 Å². The molecule has 1 aromatic rings. The summed E-state index contributed by atoms with van der Waals surface area (Å²) in [5.74, 6) is -1.10. The van der Waals surface area contributed by atoms with Crippen molar-refractivity contribution in [2.45, 2.75) is 37.0 Å². The van der Waals surface area contributed by atoms with Gasteiger partial charge in [-0.2, -0.15) is 4.31 Å². The molecule has 0 radical (unpaired) electrons. The number of rotatable bonds is 7. The quantitative estimate of drug-likeness (QED) is 0.566. The number of nitrogens with zero attached hydrogens (tertiary/aromatic N) is 1. The molecule has 1 N–H and O–H groups in total. The number of carbonyl (C=O) groups is 3. The zero-order chi connectivity index (χ0) is 24.3. The lowest BCUT2D eigenvalue weighted by Gasteiger charge is -2.36. The van der Waals surface area contributed by atoms with E-state index in [2.05, 4.69) is 5.32 Å². The number of esters is 1. The van der Waals surface area contributed by atoms with Crippen LogP contribution in [-0.2, 0) is 33.9 Å². The van der Waals surface area contributed by atoms with Gasteiger partial charge in [0.25, 0.3) is 5.91 Å². The lowest BCUT2D eigenvalue weighted by atomic mass is 9.67. The first kappa shape index (κ1) is 24.6. The highest BCUT2D eigenvalue weighted by atomic mass is 32.2. The monoisotopic (exact) mass is 494 g/mol. The van der Waals surface area contributed by atoms with Gasteiger partial charge in [0.15, 0.2) is 6.61 Å². The molecule has 0 aromatic heterocycles. The van der Waals surface area contributed by atoms with Crippen LogP contribution in [0.3, 0.4) is 0 Å². The Labute approximate surface area is 199 Å². The van der Waals surface area contributed by atoms with Crippen LogP contribution in [0.4, 0.5) is 5.69 Å². The highest BCUT2D eigenvalue weighted by molar-refractivity contribution is 7.89. The molecular weight excluding hydrogens is 464 g/mol. The molecule has 34 heavy (non-hydrogen) atoms. The van der Waals surface area contributed by atoms with Crippen molar-refractivity contribution >= 4 is 33.4 Å².